The van der Waals surface area contributed by atoms with Crippen LogP contribution in [0.3, 0.4) is 0 Å². The first-order valence-electron chi connectivity index (χ1n) is 7.77. The summed E-state index contributed by atoms with van der Waals surface area (Å²) in [6.45, 7) is 7.72. The van der Waals surface area contributed by atoms with Gasteiger partial charge in [-0.25, -0.2) is 4.98 Å². The molecule has 22 heavy (non-hydrogen) atoms. The Hall–Kier alpha value is -1.43. The van der Waals surface area contributed by atoms with Crippen LogP contribution in [0.15, 0.2) is 30.5 Å². The molecule has 118 valence electrons. The summed E-state index contributed by atoms with van der Waals surface area (Å²) >= 11 is 1.72. The SMILES string of the molecule is Cc1cnc(-c2ccc(OCCCN3CCOCC3)cc2)s1. The minimum atomic E-state index is 0.757. The van der Waals surface area contributed by atoms with Gasteiger partial charge in [-0.05, 0) is 37.6 Å². The second-order valence-electron chi connectivity index (χ2n) is 5.46. The first kappa shape index (κ1) is 15.5. The van der Waals surface area contributed by atoms with E-state index in [1.165, 1.54) is 4.88 Å². The molecule has 0 saturated carbocycles. The van der Waals surface area contributed by atoms with Crippen molar-refractivity contribution in [1.29, 1.82) is 0 Å². The zero-order valence-corrected chi connectivity index (χ0v) is 13.8. The molecule has 5 heteroatoms. The quantitative estimate of drug-likeness (QED) is 0.766. The maximum Gasteiger partial charge on any atom is 0.123 e. The molecule has 0 unspecified atom stereocenters. The molecule has 1 saturated heterocycles. The molecule has 0 atom stereocenters. The summed E-state index contributed by atoms with van der Waals surface area (Å²) in [5.41, 5.74) is 1.15. The van der Waals surface area contributed by atoms with Crippen LogP contribution in [0.2, 0.25) is 0 Å². The van der Waals surface area contributed by atoms with Crippen LogP contribution in [0.25, 0.3) is 10.6 Å². The largest absolute Gasteiger partial charge is 0.494 e. The Morgan fingerprint density at radius 1 is 1.23 bits per heavy atom. The van der Waals surface area contributed by atoms with Gasteiger partial charge < -0.3 is 9.47 Å². The molecule has 1 aliphatic heterocycles. The number of rotatable bonds is 6. The first-order valence-corrected chi connectivity index (χ1v) is 8.59. The number of morpholine rings is 1. The molecular formula is C17H22N2O2S. The molecule has 0 radical (unpaired) electrons. The number of nitrogens with zero attached hydrogens (tertiary/aromatic N) is 2. The van der Waals surface area contributed by atoms with Crippen molar-refractivity contribution in [3.63, 3.8) is 0 Å². The van der Waals surface area contributed by atoms with E-state index in [-0.39, 0.29) is 0 Å². The highest BCUT2D eigenvalue weighted by atomic mass is 32.1. The molecule has 1 aromatic heterocycles. The Morgan fingerprint density at radius 2 is 2.00 bits per heavy atom. The van der Waals surface area contributed by atoms with Crippen LogP contribution in [0.1, 0.15) is 11.3 Å². The van der Waals surface area contributed by atoms with E-state index in [0.29, 0.717) is 0 Å². The molecule has 1 aliphatic rings. The van der Waals surface area contributed by atoms with Crippen LogP contribution < -0.4 is 4.74 Å². The maximum atomic E-state index is 5.82. The Kier molecular flexibility index (Phi) is 5.43. The fourth-order valence-corrected chi connectivity index (χ4v) is 3.25. The van der Waals surface area contributed by atoms with Gasteiger partial charge in [-0.2, -0.15) is 0 Å². The van der Waals surface area contributed by atoms with Crippen molar-refractivity contribution >= 4 is 11.3 Å². The number of aromatic nitrogens is 1. The van der Waals surface area contributed by atoms with E-state index in [4.69, 9.17) is 9.47 Å². The molecule has 4 nitrogen and oxygen atoms in total. The van der Waals surface area contributed by atoms with Crippen molar-refractivity contribution in [2.75, 3.05) is 39.5 Å². The molecule has 2 aromatic rings. The lowest BCUT2D eigenvalue weighted by atomic mass is 10.2. The number of hydrogen-bond acceptors (Lipinski definition) is 5. The third-order valence-corrected chi connectivity index (χ3v) is 4.68. The summed E-state index contributed by atoms with van der Waals surface area (Å²) < 4.78 is 11.2. The van der Waals surface area contributed by atoms with Crippen molar-refractivity contribution in [2.24, 2.45) is 0 Å². The Balaban J connectivity index is 1.43. The van der Waals surface area contributed by atoms with E-state index < -0.39 is 0 Å². The monoisotopic (exact) mass is 318 g/mol. The number of hydrogen-bond donors (Lipinski definition) is 0. The van der Waals surface area contributed by atoms with Crippen molar-refractivity contribution in [3.8, 4) is 16.3 Å². The lowest BCUT2D eigenvalue weighted by Gasteiger charge is -2.26. The average Bonchev–Trinajstić information content (AvgIpc) is 3.00. The van der Waals surface area contributed by atoms with Gasteiger partial charge in [-0.3, -0.25) is 4.90 Å². The summed E-state index contributed by atoms with van der Waals surface area (Å²) in [4.78, 5) is 8.07. The molecule has 1 aromatic carbocycles. The number of thiazole rings is 1. The van der Waals surface area contributed by atoms with Gasteiger partial charge in [0.2, 0.25) is 0 Å². The third-order valence-electron chi connectivity index (χ3n) is 3.71. The fraction of sp³-hybridized carbons (Fsp3) is 0.471. The highest BCUT2D eigenvalue weighted by Crippen LogP contribution is 2.26. The Bertz CT molecular complexity index is 577. The van der Waals surface area contributed by atoms with Crippen LogP contribution in [0, 0.1) is 6.92 Å². The van der Waals surface area contributed by atoms with Gasteiger partial charge in [-0.15, -0.1) is 11.3 Å². The highest BCUT2D eigenvalue weighted by Gasteiger charge is 2.09. The second kappa shape index (κ2) is 7.72. The third kappa shape index (κ3) is 4.29. The molecule has 1 fully saturated rings. The molecule has 2 heterocycles. The summed E-state index contributed by atoms with van der Waals surface area (Å²) in [6, 6.07) is 8.22. The smallest absolute Gasteiger partial charge is 0.123 e. The lowest BCUT2D eigenvalue weighted by Crippen LogP contribution is -2.37. The van der Waals surface area contributed by atoms with Crippen molar-refractivity contribution in [1.82, 2.24) is 9.88 Å². The normalized spacial score (nSPS) is 15.9. The van der Waals surface area contributed by atoms with E-state index >= 15 is 0 Å². The Labute approximate surface area is 135 Å². The maximum absolute atomic E-state index is 5.82. The van der Waals surface area contributed by atoms with E-state index in [1.807, 2.05) is 18.3 Å². The van der Waals surface area contributed by atoms with Gasteiger partial charge in [0.05, 0.1) is 19.8 Å². The molecule has 0 bridgehead atoms. The van der Waals surface area contributed by atoms with Crippen LogP contribution in [-0.4, -0.2) is 49.3 Å². The topological polar surface area (TPSA) is 34.6 Å². The summed E-state index contributed by atoms with van der Waals surface area (Å²) in [6.07, 6.45) is 2.96. The van der Waals surface area contributed by atoms with Gasteiger partial charge in [0.1, 0.15) is 10.8 Å². The van der Waals surface area contributed by atoms with Gasteiger partial charge >= 0.3 is 0 Å². The molecule has 0 N–H and O–H groups in total. The van der Waals surface area contributed by atoms with Gasteiger partial charge in [0.25, 0.3) is 0 Å². The molecule has 0 spiro atoms. The Morgan fingerprint density at radius 3 is 2.68 bits per heavy atom. The molecule has 3 rings (SSSR count). The van der Waals surface area contributed by atoms with E-state index in [1.54, 1.807) is 11.3 Å². The first-order chi connectivity index (χ1) is 10.8. The van der Waals surface area contributed by atoms with E-state index in [0.717, 1.165) is 62.2 Å². The highest BCUT2D eigenvalue weighted by molar-refractivity contribution is 7.14. The molecule has 0 amide bonds. The van der Waals surface area contributed by atoms with Crippen LogP contribution in [0.5, 0.6) is 5.75 Å². The molecule has 0 aliphatic carbocycles. The van der Waals surface area contributed by atoms with Gasteiger partial charge in [0.15, 0.2) is 0 Å². The van der Waals surface area contributed by atoms with E-state index in [2.05, 4.69) is 28.9 Å². The number of ether oxygens (including phenoxy) is 2. The van der Waals surface area contributed by atoms with Crippen LogP contribution in [-0.2, 0) is 4.74 Å². The fourth-order valence-electron chi connectivity index (χ4n) is 2.48. The summed E-state index contributed by atoms with van der Waals surface area (Å²) in [5.74, 6) is 0.930. The minimum absolute atomic E-state index is 0.757. The van der Waals surface area contributed by atoms with Gasteiger partial charge in [0, 0.05) is 36.3 Å². The average molecular weight is 318 g/mol. The molecular weight excluding hydrogens is 296 g/mol. The summed E-state index contributed by atoms with van der Waals surface area (Å²) in [7, 11) is 0. The second-order valence-corrected chi connectivity index (χ2v) is 6.69. The summed E-state index contributed by atoms with van der Waals surface area (Å²) in [5, 5.41) is 1.07. The number of benzene rings is 1. The van der Waals surface area contributed by atoms with Crippen LogP contribution in [0.4, 0.5) is 0 Å². The van der Waals surface area contributed by atoms with E-state index in [9.17, 15) is 0 Å². The zero-order chi connectivity index (χ0) is 15.2. The predicted molar refractivity (Wildman–Crippen MR) is 89.7 cm³/mol. The van der Waals surface area contributed by atoms with Crippen LogP contribution >= 0.6 is 11.3 Å². The van der Waals surface area contributed by atoms with Crippen molar-refractivity contribution < 1.29 is 9.47 Å². The van der Waals surface area contributed by atoms with Gasteiger partial charge in [-0.1, -0.05) is 0 Å². The van der Waals surface area contributed by atoms with Crippen molar-refractivity contribution in [2.45, 2.75) is 13.3 Å². The standard InChI is InChI=1S/C17H22N2O2S/c1-14-13-18-17(22-14)15-3-5-16(6-4-15)21-10-2-7-19-8-11-20-12-9-19/h3-6,13H,2,7-12H2,1H3. The zero-order valence-electron chi connectivity index (χ0n) is 13.0. The number of aryl methyl sites for hydroxylation is 1. The lowest BCUT2D eigenvalue weighted by molar-refractivity contribution is 0.0358. The van der Waals surface area contributed by atoms with Crippen molar-refractivity contribution in [3.05, 3.63) is 35.3 Å². The predicted octanol–water partition coefficient (Wildman–Crippen LogP) is 3.22. The minimum Gasteiger partial charge on any atom is -0.494 e.